The number of aromatic nitrogens is 2. The molecular formula is C14H12N2O2S. The largest absolute Gasteiger partial charge is 0.469 e. The molecule has 1 aromatic heterocycles. The summed E-state index contributed by atoms with van der Waals surface area (Å²) in [5, 5.41) is 0.908. The number of ether oxygens (including phenoxy) is 1. The normalized spacial score (nSPS) is 59.6. The van der Waals surface area contributed by atoms with E-state index in [1.54, 1.807) is 0 Å². The molecule has 0 amide bonds. The second-order valence-electron chi connectivity index (χ2n) is 6.57. The van der Waals surface area contributed by atoms with Crippen molar-refractivity contribution < 1.29 is 9.53 Å². The van der Waals surface area contributed by atoms with E-state index in [0.717, 1.165) is 22.9 Å². The minimum Gasteiger partial charge on any atom is -0.469 e. The first-order valence-corrected chi connectivity index (χ1v) is 7.65. The van der Waals surface area contributed by atoms with Gasteiger partial charge in [0.05, 0.1) is 12.5 Å². The Morgan fingerprint density at radius 3 is 2.26 bits per heavy atom. The molecule has 0 N–H and O–H groups in total. The van der Waals surface area contributed by atoms with Crippen LogP contribution in [0.4, 0.5) is 0 Å². The van der Waals surface area contributed by atoms with Crippen LogP contribution < -0.4 is 0 Å². The van der Waals surface area contributed by atoms with E-state index < -0.39 is 0 Å². The standard InChI is InChI=1S/C14H12N2O2S/c1-18-11(17)13-5-8-6(13)10-7(13)9(5)14(8,10)19-12-15-3-2-4-16-12/h2-10H,1H3. The highest BCUT2D eigenvalue weighted by molar-refractivity contribution is 8.00. The van der Waals surface area contributed by atoms with Gasteiger partial charge in [0.25, 0.3) is 0 Å². The van der Waals surface area contributed by atoms with E-state index in [1.807, 2.05) is 30.2 Å². The monoisotopic (exact) mass is 272 g/mol. The molecule has 0 spiro atoms. The van der Waals surface area contributed by atoms with Crippen LogP contribution in [0.5, 0.6) is 0 Å². The summed E-state index contributed by atoms with van der Waals surface area (Å²) in [5.74, 6) is 4.23. The zero-order valence-corrected chi connectivity index (χ0v) is 11.1. The third kappa shape index (κ3) is 0.588. The third-order valence-electron chi connectivity index (χ3n) is 6.89. The van der Waals surface area contributed by atoms with Crippen LogP contribution in [0, 0.1) is 40.9 Å². The van der Waals surface area contributed by atoms with Crippen LogP contribution >= 0.6 is 11.8 Å². The first-order valence-electron chi connectivity index (χ1n) is 6.84. The molecule has 0 bridgehead atoms. The minimum atomic E-state index is -0.0192. The minimum absolute atomic E-state index is 0.0192. The summed E-state index contributed by atoms with van der Waals surface area (Å²) in [6, 6.07) is 1.86. The van der Waals surface area contributed by atoms with Crippen molar-refractivity contribution in [2.75, 3.05) is 7.11 Å². The number of carbonyl (C=O) groups is 1. The summed E-state index contributed by atoms with van der Waals surface area (Å²) in [7, 11) is 1.53. The fourth-order valence-corrected chi connectivity index (χ4v) is 8.55. The molecule has 0 saturated heterocycles. The molecule has 6 fully saturated rings. The average molecular weight is 272 g/mol. The molecule has 0 unspecified atom stereocenters. The Balaban J connectivity index is 1.33. The Morgan fingerprint density at radius 1 is 1.16 bits per heavy atom. The van der Waals surface area contributed by atoms with Crippen LogP contribution in [0.1, 0.15) is 0 Å². The van der Waals surface area contributed by atoms with Crippen molar-refractivity contribution in [3.8, 4) is 0 Å². The number of methoxy groups -OCH3 is 1. The predicted molar refractivity (Wildman–Crippen MR) is 66.0 cm³/mol. The SMILES string of the molecule is COC(=O)C12C3C4C1C1C2C3C41Sc1ncccn1. The lowest BCUT2D eigenvalue weighted by Gasteiger charge is -3.09. The number of rotatable bonds is 3. The summed E-state index contributed by atoms with van der Waals surface area (Å²) in [6.45, 7) is 0. The fourth-order valence-electron chi connectivity index (χ4n) is 6.71. The highest BCUT2D eigenvalue weighted by atomic mass is 32.2. The second-order valence-corrected chi connectivity index (χ2v) is 7.84. The Bertz CT molecular complexity index is 593. The van der Waals surface area contributed by atoms with Gasteiger partial charge < -0.3 is 4.74 Å². The van der Waals surface area contributed by atoms with E-state index in [-0.39, 0.29) is 11.4 Å². The van der Waals surface area contributed by atoms with Crippen molar-refractivity contribution in [1.29, 1.82) is 0 Å². The van der Waals surface area contributed by atoms with Crippen molar-refractivity contribution in [2.24, 2.45) is 40.9 Å². The first-order chi connectivity index (χ1) is 9.29. The van der Waals surface area contributed by atoms with Gasteiger partial charge in [0.15, 0.2) is 5.16 Å². The number of esters is 1. The lowest BCUT2D eigenvalue weighted by atomic mass is 8.96. The summed E-state index contributed by atoms with van der Waals surface area (Å²) in [5.41, 5.74) is -0.0192. The van der Waals surface area contributed by atoms with Crippen molar-refractivity contribution in [3.63, 3.8) is 0 Å². The Kier molecular flexibility index (Phi) is 1.25. The number of carbonyl (C=O) groups excluding carboxylic acids is 1. The summed E-state index contributed by atoms with van der Waals surface area (Å²) >= 11 is 1.88. The molecule has 6 saturated carbocycles. The van der Waals surface area contributed by atoms with Gasteiger partial charge in [-0.1, -0.05) is 11.8 Å². The molecule has 0 aliphatic heterocycles. The van der Waals surface area contributed by atoms with E-state index in [2.05, 4.69) is 9.97 Å². The quantitative estimate of drug-likeness (QED) is 0.612. The molecule has 1 heterocycles. The van der Waals surface area contributed by atoms with Crippen molar-refractivity contribution in [2.45, 2.75) is 9.90 Å². The van der Waals surface area contributed by atoms with Gasteiger partial charge in [-0.2, -0.15) is 0 Å². The summed E-state index contributed by atoms with van der Waals surface area (Å²) in [4.78, 5) is 20.7. The van der Waals surface area contributed by atoms with Gasteiger partial charge in [-0.15, -0.1) is 0 Å². The second kappa shape index (κ2) is 2.43. The van der Waals surface area contributed by atoms with Crippen LogP contribution in [0.3, 0.4) is 0 Å². The van der Waals surface area contributed by atoms with E-state index in [0.29, 0.717) is 22.5 Å². The predicted octanol–water partition coefficient (Wildman–Crippen LogP) is 1.23. The van der Waals surface area contributed by atoms with Crippen LogP contribution in [-0.4, -0.2) is 27.8 Å². The molecule has 5 heteroatoms. The number of hydrogen-bond donors (Lipinski definition) is 0. The van der Waals surface area contributed by atoms with Crippen molar-refractivity contribution in [1.82, 2.24) is 9.97 Å². The van der Waals surface area contributed by atoms with E-state index >= 15 is 0 Å². The molecule has 7 rings (SSSR count). The van der Waals surface area contributed by atoms with Gasteiger partial charge in [-0.05, 0) is 41.6 Å². The molecule has 6 aliphatic carbocycles. The molecule has 6 aliphatic rings. The average Bonchev–Trinajstić information content (AvgIpc) is 2.48. The number of hydrogen-bond acceptors (Lipinski definition) is 5. The zero-order chi connectivity index (χ0) is 12.6. The van der Waals surface area contributed by atoms with Gasteiger partial charge >= 0.3 is 5.97 Å². The van der Waals surface area contributed by atoms with Gasteiger partial charge in [-0.25, -0.2) is 9.97 Å². The van der Waals surface area contributed by atoms with Crippen molar-refractivity contribution in [3.05, 3.63) is 18.5 Å². The maximum atomic E-state index is 12.0. The summed E-state index contributed by atoms with van der Waals surface area (Å²) < 4.78 is 5.45. The van der Waals surface area contributed by atoms with E-state index in [9.17, 15) is 4.79 Å². The third-order valence-corrected chi connectivity index (χ3v) is 8.45. The molecule has 4 nitrogen and oxygen atoms in total. The Hall–Kier alpha value is -1.10. The first kappa shape index (κ1) is 9.75. The van der Waals surface area contributed by atoms with E-state index in [1.165, 1.54) is 7.11 Å². The highest BCUT2D eigenvalue weighted by Gasteiger charge is 3.12. The van der Waals surface area contributed by atoms with Crippen LogP contribution in [-0.2, 0) is 9.53 Å². The van der Waals surface area contributed by atoms with Crippen LogP contribution in [0.2, 0.25) is 0 Å². The van der Waals surface area contributed by atoms with Gasteiger partial charge in [0.2, 0.25) is 0 Å². The van der Waals surface area contributed by atoms with Crippen LogP contribution in [0.25, 0.3) is 0 Å². The molecule has 0 aromatic carbocycles. The number of thioether (sulfide) groups is 1. The molecule has 0 atom stereocenters. The lowest BCUT2D eigenvalue weighted by Crippen LogP contribution is -3.13. The molecule has 96 valence electrons. The Labute approximate surface area is 114 Å². The van der Waals surface area contributed by atoms with Gasteiger partial charge in [0.1, 0.15) is 0 Å². The number of nitrogens with zero attached hydrogens (tertiary/aromatic N) is 2. The molecule has 19 heavy (non-hydrogen) atoms. The molecular weight excluding hydrogens is 260 g/mol. The molecule has 0 radical (unpaired) electrons. The highest BCUT2D eigenvalue weighted by Crippen LogP contribution is 3.09. The van der Waals surface area contributed by atoms with Crippen LogP contribution in [0.15, 0.2) is 23.6 Å². The maximum Gasteiger partial charge on any atom is 0.312 e. The van der Waals surface area contributed by atoms with Crippen molar-refractivity contribution >= 4 is 17.7 Å². The van der Waals surface area contributed by atoms with Gasteiger partial charge in [0, 0.05) is 17.1 Å². The maximum absolute atomic E-state index is 12.0. The Morgan fingerprint density at radius 2 is 1.74 bits per heavy atom. The van der Waals surface area contributed by atoms with Gasteiger partial charge in [-0.3, -0.25) is 4.79 Å². The smallest absolute Gasteiger partial charge is 0.312 e. The fraction of sp³-hybridized carbons (Fsp3) is 0.643. The topological polar surface area (TPSA) is 52.1 Å². The lowest BCUT2D eigenvalue weighted by molar-refractivity contribution is -0.580. The van der Waals surface area contributed by atoms with E-state index in [4.69, 9.17) is 4.74 Å². The summed E-state index contributed by atoms with van der Waals surface area (Å²) in [6.07, 6.45) is 3.62. The zero-order valence-electron chi connectivity index (χ0n) is 10.3. The molecule has 1 aromatic rings.